The van der Waals surface area contributed by atoms with E-state index in [1.807, 2.05) is 52.1 Å². The highest BCUT2D eigenvalue weighted by atomic mass is 79.9. The van der Waals surface area contributed by atoms with E-state index in [0.717, 1.165) is 59.3 Å². The summed E-state index contributed by atoms with van der Waals surface area (Å²) >= 11 is 3.74. The summed E-state index contributed by atoms with van der Waals surface area (Å²) in [5, 5.41) is 1.44. The highest BCUT2D eigenvalue weighted by Gasteiger charge is 2.44. The Balaban J connectivity index is 1.51. The molecule has 1 saturated heterocycles. The Morgan fingerprint density at radius 2 is 1.82 bits per heavy atom. The number of esters is 1. The molecule has 4 N–H and O–H groups in total. The number of ether oxygens (including phenoxy) is 1. The Bertz CT molecular complexity index is 1420. The lowest BCUT2D eigenvalue weighted by Gasteiger charge is -2.27. The number of hydrogen-bond acceptors (Lipinski definition) is 6. The molecule has 1 amide bonds. The van der Waals surface area contributed by atoms with E-state index in [0.29, 0.717) is 16.8 Å². The van der Waals surface area contributed by atoms with E-state index < -0.39 is 0 Å². The smallest absolute Gasteiger partial charge is 0.339 e. The van der Waals surface area contributed by atoms with Crippen LogP contribution in [0.3, 0.4) is 0 Å². The fraction of sp³-hybridized carbons (Fsp3) is 0.333. The number of methoxy groups -OCH3 is 1. The monoisotopic (exact) mass is 591 g/mol. The van der Waals surface area contributed by atoms with Crippen LogP contribution in [0.15, 0.2) is 71.1 Å². The Morgan fingerprint density at radius 1 is 1.08 bits per heavy atom. The van der Waals surface area contributed by atoms with Crippen LogP contribution in [0, 0.1) is 5.92 Å². The number of nitrogens with zero attached hydrogens (tertiary/aromatic N) is 3. The van der Waals surface area contributed by atoms with Crippen LogP contribution in [0.25, 0.3) is 16.8 Å². The van der Waals surface area contributed by atoms with Gasteiger partial charge in [-0.15, -0.1) is 0 Å². The second-order valence-electron chi connectivity index (χ2n) is 10.3. The van der Waals surface area contributed by atoms with E-state index in [9.17, 15) is 9.59 Å². The zero-order valence-corrected chi connectivity index (χ0v) is 23.9. The van der Waals surface area contributed by atoms with Crippen LogP contribution in [0.1, 0.15) is 58.0 Å². The summed E-state index contributed by atoms with van der Waals surface area (Å²) in [6, 6.07) is 15.7. The zero-order chi connectivity index (χ0) is 27.7. The molecule has 1 aliphatic heterocycles. The van der Waals surface area contributed by atoms with Gasteiger partial charge < -0.3 is 24.9 Å². The van der Waals surface area contributed by atoms with Gasteiger partial charge in [0.1, 0.15) is 0 Å². The summed E-state index contributed by atoms with van der Waals surface area (Å²) in [6.45, 7) is 1.60. The number of carbonyl (C=O) groups excluding carboxylic acids is 2. The molecule has 1 aromatic heterocycles. The van der Waals surface area contributed by atoms with Gasteiger partial charge in [0.05, 0.1) is 18.2 Å². The first kappa shape index (κ1) is 27.0. The standard InChI is InChI=1S/C30H34BrN5O3/c1-34(33)18-26(32)24-17-25(24)28-23(30(38)39-2)12-15-36(28)20-9-6-8-19(16-20)21-10-7-11-22(27(21)31)29(37)35-13-4-3-5-14-35/h6-12,15-16,18,24-25H,3-5,13-14,17,32-33H2,1-2H3/b26-18-/t24?,25-/m1/s1. The number of hydrazine groups is 1. The van der Waals surface area contributed by atoms with Crippen molar-refractivity contribution in [2.75, 3.05) is 27.2 Å². The molecule has 2 atom stereocenters. The minimum atomic E-state index is -0.379. The molecule has 0 radical (unpaired) electrons. The average molecular weight is 593 g/mol. The maximum Gasteiger partial charge on any atom is 0.339 e. The lowest BCUT2D eigenvalue weighted by molar-refractivity contribution is 0.0599. The number of benzene rings is 2. The predicted octanol–water partition coefficient (Wildman–Crippen LogP) is 5.03. The number of amides is 1. The van der Waals surface area contributed by atoms with Crippen molar-refractivity contribution in [2.45, 2.75) is 31.6 Å². The third-order valence-corrected chi connectivity index (χ3v) is 8.42. The lowest BCUT2D eigenvalue weighted by atomic mass is 10.0. The first-order chi connectivity index (χ1) is 18.8. The van der Waals surface area contributed by atoms with Crippen LogP contribution in [0.4, 0.5) is 0 Å². The van der Waals surface area contributed by atoms with Gasteiger partial charge in [0.15, 0.2) is 0 Å². The summed E-state index contributed by atoms with van der Waals surface area (Å²) in [5.74, 6) is 5.60. The number of halogens is 1. The van der Waals surface area contributed by atoms with Gasteiger partial charge in [-0.3, -0.25) is 4.79 Å². The van der Waals surface area contributed by atoms with Crippen molar-refractivity contribution in [1.82, 2.24) is 14.5 Å². The first-order valence-electron chi connectivity index (χ1n) is 13.2. The molecule has 2 aromatic carbocycles. The minimum absolute atomic E-state index is 0.0588. The molecule has 0 spiro atoms. The van der Waals surface area contributed by atoms with Crippen molar-refractivity contribution in [2.24, 2.45) is 17.5 Å². The van der Waals surface area contributed by atoms with Crippen molar-refractivity contribution in [1.29, 1.82) is 0 Å². The minimum Gasteiger partial charge on any atom is -0.465 e. The van der Waals surface area contributed by atoms with Crippen molar-refractivity contribution in [3.63, 3.8) is 0 Å². The molecular weight excluding hydrogens is 558 g/mol. The molecule has 1 saturated carbocycles. The zero-order valence-electron chi connectivity index (χ0n) is 22.3. The normalized spacial score (nSPS) is 19.1. The van der Waals surface area contributed by atoms with Crippen LogP contribution in [-0.2, 0) is 4.74 Å². The second kappa shape index (κ2) is 11.3. The molecule has 0 bridgehead atoms. The van der Waals surface area contributed by atoms with E-state index in [1.54, 1.807) is 19.3 Å². The molecule has 2 aliphatic rings. The fourth-order valence-electron chi connectivity index (χ4n) is 5.54. The quantitative estimate of drug-likeness (QED) is 0.227. The molecular formula is C30H34BrN5O3. The van der Waals surface area contributed by atoms with Crippen molar-refractivity contribution in [3.05, 3.63) is 87.9 Å². The van der Waals surface area contributed by atoms with Crippen LogP contribution >= 0.6 is 15.9 Å². The number of piperidine rings is 1. The molecule has 5 rings (SSSR count). The number of rotatable bonds is 7. The van der Waals surface area contributed by atoms with Gasteiger partial charge in [0, 0.05) is 65.9 Å². The van der Waals surface area contributed by atoms with Gasteiger partial charge in [0.25, 0.3) is 5.91 Å². The third-order valence-electron chi connectivity index (χ3n) is 7.56. The summed E-state index contributed by atoms with van der Waals surface area (Å²) in [4.78, 5) is 27.9. The summed E-state index contributed by atoms with van der Waals surface area (Å²) in [6.07, 6.45) is 7.69. The predicted molar refractivity (Wildman–Crippen MR) is 155 cm³/mol. The molecule has 8 nitrogen and oxygen atoms in total. The van der Waals surface area contributed by atoms with Crippen LogP contribution in [0.5, 0.6) is 0 Å². The van der Waals surface area contributed by atoms with Gasteiger partial charge in [-0.05, 0) is 77.0 Å². The highest BCUT2D eigenvalue weighted by molar-refractivity contribution is 9.10. The van der Waals surface area contributed by atoms with Crippen LogP contribution in [0.2, 0.25) is 0 Å². The molecule has 1 unspecified atom stereocenters. The van der Waals surface area contributed by atoms with E-state index in [2.05, 4.69) is 22.0 Å². The Morgan fingerprint density at radius 3 is 2.54 bits per heavy atom. The maximum absolute atomic E-state index is 13.3. The Labute approximate surface area is 237 Å². The molecule has 1 aliphatic carbocycles. The van der Waals surface area contributed by atoms with Crippen LogP contribution in [-0.4, -0.2) is 53.6 Å². The van der Waals surface area contributed by atoms with Crippen LogP contribution < -0.4 is 11.6 Å². The summed E-state index contributed by atoms with van der Waals surface area (Å²) in [7, 11) is 3.12. The number of aromatic nitrogens is 1. The molecule has 3 aromatic rings. The van der Waals surface area contributed by atoms with Crippen molar-refractivity contribution < 1.29 is 14.3 Å². The maximum atomic E-state index is 13.3. The van der Waals surface area contributed by atoms with Gasteiger partial charge in [-0.1, -0.05) is 24.3 Å². The molecule has 9 heteroatoms. The number of allylic oxidation sites excluding steroid dienone is 1. The Kier molecular flexibility index (Phi) is 7.81. The molecule has 2 fully saturated rings. The van der Waals surface area contributed by atoms with E-state index in [4.69, 9.17) is 16.3 Å². The summed E-state index contributed by atoms with van der Waals surface area (Å²) in [5.41, 5.74) is 11.9. The molecule has 2 heterocycles. The molecule has 39 heavy (non-hydrogen) atoms. The second-order valence-corrected chi connectivity index (χ2v) is 11.1. The third kappa shape index (κ3) is 5.46. The summed E-state index contributed by atoms with van der Waals surface area (Å²) < 4.78 is 7.91. The van der Waals surface area contributed by atoms with Crippen molar-refractivity contribution in [3.8, 4) is 16.8 Å². The SMILES string of the molecule is COC(=O)c1ccn(-c2cccc(-c3cccc(C(=O)N4CCCCC4)c3Br)c2)c1[C@@H]1CC1/C(N)=C/N(C)N. The highest BCUT2D eigenvalue weighted by Crippen LogP contribution is 2.52. The van der Waals surface area contributed by atoms with Crippen molar-refractivity contribution >= 4 is 27.8 Å². The lowest BCUT2D eigenvalue weighted by Crippen LogP contribution is -2.35. The topological polar surface area (TPSA) is 107 Å². The van der Waals surface area contributed by atoms with Gasteiger partial charge in [-0.25, -0.2) is 10.6 Å². The molecule has 204 valence electrons. The van der Waals surface area contributed by atoms with Gasteiger partial charge >= 0.3 is 5.97 Å². The van der Waals surface area contributed by atoms with E-state index in [-0.39, 0.29) is 23.7 Å². The first-order valence-corrected chi connectivity index (χ1v) is 14.0. The van der Waals surface area contributed by atoms with E-state index in [1.165, 1.54) is 18.5 Å². The van der Waals surface area contributed by atoms with Gasteiger partial charge in [-0.2, -0.15) is 0 Å². The number of likely N-dealkylation sites (tertiary alicyclic amines) is 1. The Hall–Kier alpha value is -3.56. The largest absolute Gasteiger partial charge is 0.465 e. The van der Waals surface area contributed by atoms with E-state index >= 15 is 0 Å². The number of nitrogens with two attached hydrogens (primary N) is 2. The average Bonchev–Trinajstić information content (AvgIpc) is 3.62. The van der Waals surface area contributed by atoms with Gasteiger partial charge in [0.2, 0.25) is 0 Å². The number of carbonyl (C=O) groups is 2. The number of hydrogen-bond donors (Lipinski definition) is 2. The fourth-order valence-corrected chi connectivity index (χ4v) is 6.20.